The van der Waals surface area contributed by atoms with E-state index in [9.17, 15) is 4.79 Å². The second-order valence-electron chi connectivity index (χ2n) is 5.26. The van der Waals surface area contributed by atoms with E-state index in [2.05, 4.69) is 9.88 Å². The molecule has 20 heavy (non-hydrogen) atoms. The van der Waals surface area contributed by atoms with Gasteiger partial charge in [-0.05, 0) is 29.7 Å². The van der Waals surface area contributed by atoms with Gasteiger partial charge in [-0.3, -0.25) is 14.7 Å². The molecule has 0 unspecified atom stereocenters. The molecule has 0 radical (unpaired) electrons. The predicted molar refractivity (Wildman–Crippen MR) is 77.8 cm³/mol. The maximum absolute atomic E-state index is 10.6. The fraction of sp³-hybridized carbons (Fsp3) is 0.333. The topological polar surface area (TPSA) is 53.4 Å². The number of nitrogens with zero attached hydrogens (tertiary/aromatic N) is 2. The van der Waals surface area contributed by atoms with E-state index < -0.39 is 5.97 Å². The molecule has 1 aliphatic heterocycles. The highest BCUT2D eigenvalue weighted by atomic mass is 35.5. The van der Waals surface area contributed by atoms with Gasteiger partial charge in [-0.1, -0.05) is 17.7 Å². The Hall–Kier alpha value is -1.65. The second kappa shape index (κ2) is 5.38. The van der Waals surface area contributed by atoms with Crippen molar-refractivity contribution in [1.82, 2.24) is 9.88 Å². The number of hydrogen-bond donors (Lipinski definition) is 1. The molecule has 1 aromatic heterocycles. The van der Waals surface area contributed by atoms with E-state index in [-0.39, 0.29) is 12.3 Å². The quantitative estimate of drug-likeness (QED) is 0.941. The van der Waals surface area contributed by atoms with Gasteiger partial charge >= 0.3 is 5.97 Å². The molecule has 4 nitrogen and oxygen atoms in total. The first-order valence-electron chi connectivity index (χ1n) is 6.60. The molecule has 2 aromatic rings. The molecule has 1 aromatic carbocycles. The van der Waals surface area contributed by atoms with Gasteiger partial charge in [-0.15, -0.1) is 0 Å². The van der Waals surface area contributed by atoms with E-state index in [0.717, 1.165) is 36.1 Å². The first-order chi connectivity index (χ1) is 9.63. The van der Waals surface area contributed by atoms with Crippen molar-refractivity contribution in [1.29, 1.82) is 0 Å². The van der Waals surface area contributed by atoms with Crippen molar-refractivity contribution in [3.8, 4) is 0 Å². The Morgan fingerprint density at radius 2 is 2.20 bits per heavy atom. The van der Waals surface area contributed by atoms with Crippen LogP contribution in [-0.4, -0.2) is 34.0 Å². The van der Waals surface area contributed by atoms with E-state index in [4.69, 9.17) is 16.7 Å². The third kappa shape index (κ3) is 2.62. The average molecular weight is 291 g/mol. The van der Waals surface area contributed by atoms with Crippen molar-refractivity contribution in [2.45, 2.75) is 13.0 Å². The number of rotatable bonds is 4. The zero-order chi connectivity index (χ0) is 14.1. The monoisotopic (exact) mass is 290 g/mol. The molecule has 0 saturated carbocycles. The fourth-order valence-electron chi connectivity index (χ4n) is 2.75. The van der Waals surface area contributed by atoms with Crippen LogP contribution in [-0.2, 0) is 11.3 Å². The molecular weight excluding hydrogens is 276 g/mol. The lowest BCUT2D eigenvalue weighted by molar-refractivity contribution is -0.139. The molecule has 104 valence electrons. The van der Waals surface area contributed by atoms with Crippen LogP contribution in [0.15, 0.2) is 30.5 Å². The van der Waals surface area contributed by atoms with Crippen molar-refractivity contribution in [2.75, 3.05) is 13.1 Å². The maximum atomic E-state index is 10.6. The normalized spacial score (nSPS) is 16.2. The number of benzene rings is 1. The Balaban J connectivity index is 1.73. The highest BCUT2D eigenvalue weighted by Gasteiger charge is 2.28. The minimum atomic E-state index is -0.715. The van der Waals surface area contributed by atoms with E-state index in [1.165, 1.54) is 0 Å². The summed E-state index contributed by atoms with van der Waals surface area (Å²) in [6.45, 7) is 2.47. The summed E-state index contributed by atoms with van der Waals surface area (Å²) < 4.78 is 0. The van der Waals surface area contributed by atoms with Crippen LogP contribution in [0.5, 0.6) is 0 Å². The summed E-state index contributed by atoms with van der Waals surface area (Å²) in [6, 6.07) is 7.75. The average Bonchev–Trinajstić information content (AvgIpc) is 2.39. The van der Waals surface area contributed by atoms with Crippen molar-refractivity contribution in [2.24, 2.45) is 5.92 Å². The number of carbonyl (C=O) groups is 1. The number of aliphatic carboxylic acids is 1. The van der Waals surface area contributed by atoms with Crippen molar-refractivity contribution < 1.29 is 9.90 Å². The zero-order valence-electron chi connectivity index (χ0n) is 10.9. The molecule has 0 aliphatic carbocycles. The van der Waals surface area contributed by atoms with Gasteiger partial charge in [0.2, 0.25) is 0 Å². The number of aromatic nitrogens is 1. The highest BCUT2D eigenvalue weighted by Crippen LogP contribution is 2.28. The number of pyridine rings is 1. The number of hydrogen-bond acceptors (Lipinski definition) is 3. The minimum absolute atomic E-state index is 0.260. The summed E-state index contributed by atoms with van der Waals surface area (Å²) in [7, 11) is 0. The molecule has 1 N–H and O–H groups in total. The van der Waals surface area contributed by atoms with Gasteiger partial charge in [0.05, 0.1) is 11.9 Å². The summed E-state index contributed by atoms with van der Waals surface area (Å²) >= 11 is 6.18. The van der Waals surface area contributed by atoms with Gasteiger partial charge < -0.3 is 5.11 Å². The van der Waals surface area contributed by atoms with Gasteiger partial charge in [0.1, 0.15) is 0 Å². The van der Waals surface area contributed by atoms with Gasteiger partial charge in [0, 0.05) is 36.2 Å². The number of halogens is 1. The van der Waals surface area contributed by atoms with Gasteiger partial charge in [-0.25, -0.2) is 0 Å². The highest BCUT2D eigenvalue weighted by molar-refractivity contribution is 6.35. The van der Waals surface area contributed by atoms with Crippen LogP contribution in [0.4, 0.5) is 0 Å². The molecule has 0 amide bonds. The predicted octanol–water partition coefficient (Wildman–Crippen LogP) is 2.79. The molecule has 1 aliphatic rings. The van der Waals surface area contributed by atoms with Gasteiger partial charge in [0.15, 0.2) is 0 Å². The molecule has 1 fully saturated rings. The van der Waals surface area contributed by atoms with Crippen LogP contribution in [0.2, 0.25) is 5.02 Å². The molecule has 5 heteroatoms. The first-order valence-corrected chi connectivity index (χ1v) is 6.97. The summed E-state index contributed by atoms with van der Waals surface area (Å²) in [5.74, 6) is -0.438. The van der Waals surface area contributed by atoms with Crippen molar-refractivity contribution in [3.05, 3.63) is 41.0 Å². The third-order valence-electron chi connectivity index (χ3n) is 3.69. The van der Waals surface area contributed by atoms with Crippen LogP contribution in [0.25, 0.3) is 10.9 Å². The zero-order valence-corrected chi connectivity index (χ0v) is 11.7. The fourth-order valence-corrected chi connectivity index (χ4v) is 2.96. The first kappa shape index (κ1) is 13.3. The largest absolute Gasteiger partial charge is 0.481 e. The Labute approximate surface area is 122 Å². The Morgan fingerprint density at radius 3 is 2.95 bits per heavy atom. The molecule has 0 atom stereocenters. The lowest BCUT2D eigenvalue weighted by Gasteiger charge is -2.38. The van der Waals surface area contributed by atoms with Crippen molar-refractivity contribution in [3.63, 3.8) is 0 Å². The number of carboxylic acid groups (broad SMARTS) is 1. The SMILES string of the molecule is O=C(O)CC1CN(Cc2ccc(Cl)c3cccnc23)C1. The van der Waals surface area contributed by atoms with Crippen LogP contribution in [0.1, 0.15) is 12.0 Å². The van der Waals surface area contributed by atoms with E-state index >= 15 is 0 Å². The number of likely N-dealkylation sites (tertiary alicyclic amines) is 1. The van der Waals surface area contributed by atoms with Crippen LogP contribution >= 0.6 is 11.6 Å². The van der Waals surface area contributed by atoms with Crippen LogP contribution in [0, 0.1) is 5.92 Å². The summed E-state index contributed by atoms with van der Waals surface area (Å²) in [5.41, 5.74) is 2.07. The van der Waals surface area contributed by atoms with E-state index in [0.29, 0.717) is 5.02 Å². The molecular formula is C15H15ClN2O2. The smallest absolute Gasteiger partial charge is 0.303 e. The third-order valence-corrected chi connectivity index (χ3v) is 4.02. The second-order valence-corrected chi connectivity index (χ2v) is 5.67. The van der Waals surface area contributed by atoms with Crippen LogP contribution in [0.3, 0.4) is 0 Å². The van der Waals surface area contributed by atoms with E-state index in [1.807, 2.05) is 24.3 Å². The number of fused-ring (bicyclic) bond motifs is 1. The number of carboxylic acids is 1. The van der Waals surface area contributed by atoms with Crippen molar-refractivity contribution >= 4 is 28.5 Å². The summed E-state index contributed by atoms with van der Waals surface area (Å²) in [5, 5.41) is 10.4. The van der Waals surface area contributed by atoms with Crippen LogP contribution < -0.4 is 0 Å². The van der Waals surface area contributed by atoms with Gasteiger partial charge in [-0.2, -0.15) is 0 Å². The molecule has 0 spiro atoms. The van der Waals surface area contributed by atoms with E-state index in [1.54, 1.807) is 6.20 Å². The Bertz CT molecular complexity index is 653. The minimum Gasteiger partial charge on any atom is -0.481 e. The summed E-state index contributed by atoms with van der Waals surface area (Å²) in [4.78, 5) is 17.3. The van der Waals surface area contributed by atoms with Gasteiger partial charge in [0.25, 0.3) is 0 Å². The Morgan fingerprint density at radius 1 is 1.40 bits per heavy atom. The molecule has 1 saturated heterocycles. The standard InChI is InChI=1S/C15H15ClN2O2/c16-13-4-3-11(15-12(13)2-1-5-17-15)9-18-7-10(8-18)6-14(19)20/h1-5,10H,6-9H2,(H,19,20). The lowest BCUT2D eigenvalue weighted by atomic mass is 9.95. The molecule has 0 bridgehead atoms. The molecule has 2 heterocycles. The Kier molecular flexibility index (Phi) is 3.59. The molecule has 3 rings (SSSR count). The lowest BCUT2D eigenvalue weighted by Crippen LogP contribution is -2.46. The summed E-state index contributed by atoms with van der Waals surface area (Å²) in [6.07, 6.45) is 2.03. The maximum Gasteiger partial charge on any atom is 0.303 e.